The van der Waals surface area contributed by atoms with E-state index in [0.29, 0.717) is 10.6 Å². The zero-order valence-electron chi connectivity index (χ0n) is 11.4. The van der Waals surface area contributed by atoms with Crippen molar-refractivity contribution in [1.29, 1.82) is 0 Å². The minimum atomic E-state index is -4.30. The van der Waals surface area contributed by atoms with Crippen molar-refractivity contribution in [3.8, 4) is 0 Å². The van der Waals surface area contributed by atoms with Gasteiger partial charge in [-0.3, -0.25) is 0 Å². The minimum absolute atomic E-state index is 0. The van der Waals surface area contributed by atoms with Gasteiger partial charge < -0.3 is 9.11 Å². The first kappa shape index (κ1) is 22.8. The van der Waals surface area contributed by atoms with E-state index in [1.807, 2.05) is 0 Å². The third kappa shape index (κ3) is 7.47. The van der Waals surface area contributed by atoms with Crippen LogP contribution in [0.15, 0.2) is 58.3 Å². The standard InChI is InChI=1S/2C6H7O3PS.Pd/c2*7-11(8,9)6-4-2-1-3-5(6)10;/h2*1-4H,10H2,(H,7,8,9);/q;;+2/p-2. The predicted molar refractivity (Wildman–Crippen MR) is 87.5 cm³/mol. The first-order valence-corrected chi connectivity index (χ1v) is 9.61. The third-order valence-electron chi connectivity index (χ3n) is 2.38. The molecule has 0 aliphatic carbocycles. The summed E-state index contributed by atoms with van der Waals surface area (Å²) in [6.45, 7) is 0. The molecule has 2 unspecified atom stereocenters. The third-order valence-corrected chi connectivity index (χ3v) is 5.62. The van der Waals surface area contributed by atoms with Crippen LogP contribution in [0.1, 0.15) is 0 Å². The van der Waals surface area contributed by atoms with Gasteiger partial charge in [0.2, 0.25) is 0 Å². The zero-order valence-corrected chi connectivity index (χ0v) is 16.9. The van der Waals surface area contributed by atoms with Crippen LogP contribution < -0.4 is 10.6 Å². The molecule has 128 valence electrons. The molecule has 0 aromatic heterocycles. The van der Waals surface area contributed by atoms with Gasteiger partial charge in [-0.05, 0) is 22.7 Å². The maximum Gasteiger partial charge on any atom is 2.00 e. The number of rotatable bonds is 2. The van der Waals surface area contributed by atoms with Crippen LogP contribution in [0.5, 0.6) is 0 Å². The Bertz CT molecular complexity index is 795. The molecule has 6 nitrogen and oxygen atoms in total. The summed E-state index contributed by atoms with van der Waals surface area (Å²) >= 11 is 0. The Balaban J connectivity index is 0.000000403. The zero-order chi connectivity index (χ0) is 17.0. The molecule has 0 N–H and O–H groups in total. The molecule has 0 aliphatic heterocycles. The van der Waals surface area contributed by atoms with Crippen molar-refractivity contribution in [2.75, 3.05) is 0 Å². The normalized spacial score (nSPS) is 11.0. The summed E-state index contributed by atoms with van der Waals surface area (Å²) in [5, 5.41) is 0.810. The average Bonchev–Trinajstić information content (AvgIpc) is 2.37. The van der Waals surface area contributed by atoms with E-state index in [9.17, 15) is 25.9 Å². The maximum absolute atomic E-state index is 10.5. The van der Waals surface area contributed by atoms with E-state index in [2.05, 4.69) is 18.5 Å². The van der Waals surface area contributed by atoms with Gasteiger partial charge in [0.25, 0.3) is 0 Å². The Morgan fingerprint density at radius 3 is 1.09 bits per heavy atom. The molecule has 0 radical (unpaired) electrons. The van der Waals surface area contributed by atoms with Gasteiger partial charge in [-0.2, -0.15) is 0 Å². The van der Waals surface area contributed by atoms with Gasteiger partial charge in [0.15, 0.2) is 0 Å². The van der Waals surface area contributed by atoms with E-state index in [1.54, 1.807) is 24.3 Å². The summed E-state index contributed by atoms with van der Waals surface area (Å²) in [5.74, 6) is 0. The second-order valence-electron chi connectivity index (χ2n) is 3.98. The first-order chi connectivity index (χ1) is 10.0. The Kier molecular flexibility index (Phi) is 9.23. The Hall–Kier alpha value is -0.218. The van der Waals surface area contributed by atoms with Crippen molar-refractivity contribution in [2.24, 2.45) is 0 Å². The molecule has 0 saturated heterocycles. The molecule has 0 amide bonds. The molecule has 2 atom stereocenters. The molecule has 2 aromatic carbocycles. The smallest absolute Gasteiger partial charge is 0.744 e. The van der Waals surface area contributed by atoms with Gasteiger partial charge in [0.1, 0.15) is 20.2 Å². The second kappa shape index (κ2) is 9.31. The summed E-state index contributed by atoms with van der Waals surface area (Å²) in [5.41, 5.74) is 0. The van der Waals surface area contributed by atoms with Gasteiger partial charge in [-0.1, -0.05) is 36.4 Å². The largest absolute Gasteiger partial charge is 2.00 e. The van der Waals surface area contributed by atoms with Gasteiger partial charge in [0, 0.05) is 0 Å². The van der Waals surface area contributed by atoms with Crippen LogP contribution in [0.4, 0.5) is 0 Å². The van der Waals surface area contributed by atoms with Crippen LogP contribution in [-0.4, -0.2) is 25.9 Å². The SMILES string of the molecule is O=S(=O)([O-])c1ccccc1P.O=S(=O)([O-])c1ccccc1P.[Pd+2]. The summed E-state index contributed by atoms with van der Waals surface area (Å²) < 4.78 is 62.9. The fraction of sp³-hybridized carbons (Fsp3) is 0. The van der Waals surface area contributed by atoms with E-state index < -0.39 is 20.2 Å². The second-order valence-corrected chi connectivity index (χ2v) is 7.92. The molecule has 2 aromatic rings. The monoisotopic (exact) mass is 484 g/mol. The van der Waals surface area contributed by atoms with Crippen LogP contribution >= 0.6 is 18.5 Å². The van der Waals surface area contributed by atoms with Gasteiger partial charge in [-0.25, -0.2) is 16.8 Å². The van der Waals surface area contributed by atoms with Crippen molar-refractivity contribution >= 4 is 49.3 Å². The summed E-state index contributed by atoms with van der Waals surface area (Å²) in [4.78, 5) is -0.352. The summed E-state index contributed by atoms with van der Waals surface area (Å²) in [6.07, 6.45) is 0. The van der Waals surface area contributed by atoms with Crippen LogP contribution in [0, 0.1) is 0 Å². The fourth-order valence-electron chi connectivity index (χ4n) is 1.42. The number of hydrogen-bond acceptors (Lipinski definition) is 6. The molecule has 2 rings (SSSR count). The molecule has 0 saturated carbocycles. The first-order valence-electron chi connectivity index (χ1n) is 5.64. The number of hydrogen-bond donors (Lipinski definition) is 0. The predicted octanol–water partition coefficient (Wildman–Crippen LogP) is 0.180. The molecule has 11 heteroatoms. The maximum atomic E-state index is 10.5. The Labute approximate surface area is 153 Å². The van der Waals surface area contributed by atoms with Crippen LogP contribution in [-0.2, 0) is 40.7 Å². The van der Waals surface area contributed by atoms with Crippen LogP contribution in [0.25, 0.3) is 0 Å². The molecule has 0 aliphatic rings. The van der Waals surface area contributed by atoms with E-state index in [0.717, 1.165) is 0 Å². The minimum Gasteiger partial charge on any atom is -0.744 e. The Morgan fingerprint density at radius 1 is 0.652 bits per heavy atom. The van der Waals surface area contributed by atoms with E-state index >= 15 is 0 Å². The van der Waals surface area contributed by atoms with E-state index in [-0.39, 0.29) is 30.2 Å². The van der Waals surface area contributed by atoms with Gasteiger partial charge in [0.05, 0.1) is 9.79 Å². The molecule has 23 heavy (non-hydrogen) atoms. The summed E-state index contributed by atoms with van der Waals surface area (Å²) in [6, 6.07) is 12.0. The average molecular weight is 485 g/mol. The number of benzene rings is 2. The molecular weight excluding hydrogens is 473 g/mol. The van der Waals surface area contributed by atoms with Crippen molar-refractivity contribution in [3.63, 3.8) is 0 Å². The van der Waals surface area contributed by atoms with E-state index in [4.69, 9.17) is 0 Å². The quantitative estimate of drug-likeness (QED) is 0.341. The van der Waals surface area contributed by atoms with Crippen LogP contribution in [0.2, 0.25) is 0 Å². The fourth-order valence-corrected chi connectivity index (χ4v) is 3.90. The Morgan fingerprint density at radius 2 is 0.913 bits per heavy atom. The molecule has 0 spiro atoms. The van der Waals surface area contributed by atoms with Crippen LogP contribution in [0.3, 0.4) is 0 Å². The topological polar surface area (TPSA) is 114 Å². The van der Waals surface area contributed by atoms with E-state index in [1.165, 1.54) is 24.3 Å². The molecule has 0 bridgehead atoms. The molecular formula is C12H12O6P2PdS2. The van der Waals surface area contributed by atoms with Crippen molar-refractivity contribution in [1.82, 2.24) is 0 Å². The van der Waals surface area contributed by atoms with Gasteiger partial charge >= 0.3 is 20.4 Å². The molecule has 0 heterocycles. The van der Waals surface area contributed by atoms with Crippen molar-refractivity contribution < 1.29 is 46.4 Å². The van der Waals surface area contributed by atoms with Crippen molar-refractivity contribution in [3.05, 3.63) is 48.5 Å². The summed E-state index contributed by atoms with van der Waals surface area (Å²) in [7, 11) is -4.22. The van der Waals surface area contributed by atoms with Gasteiger partial charge in [-0.15, -0.1) is 18.5 Å². The molecule has 0 fully saturated rings. The van der Waals surface area contributed by atoms with Crippen molar-refractivity contribution in [2.45, 2.75) is 9.79 Å².